The van der Waals surface area contributed by atoms with E-state index < -0.39 is 32.6 Å². The van der Waals surface area contributed by atoms with Crippen LogP contribution in [-0.4, -0.2) is 41.9 Å². The molecule has 0 aliphatic carbocycles. The van der Waals surface area contributed by atoms with Crippen molar-refractivity contribution in [2.75, 3.05) is 19.6 Å². The number of nitrogens with one attached hydrogen (secondary N) is 1. The van der Waals surface area contributed by atoms with E-state index in [1.807, 2.05) is 0 Å². The van der Waals surface area contributed by atoms with Crippen LogP contribution in [0.4, 0.5) is 8.78 Å². The van der Waals surface area contributed by atoms with Gasteiger partial charge in [0, 0.05) is 45.1 Å². The van der Waals surface area contributed by atoms with Crippen molar-refractivity contribution in [2.24, 2.45) is 7.05 Å². The number of piperazine rings is 1. The van der Waals surface area contributed by atoms with Crippen molar-refractivity contribution < 1.29 is 17.2 Å². The number of nitrogens with zero attached hydrogens (tertiary/aromatic N) is 3. The summed E-state index contributed by atoms with van der Waals surface area (Å²) in [7, 11) is -2.34. The minimum absolute atomic E-state index is 0.177. The zero-order valence-electron chi connectivity index (χ0n) is 12.4. The van der Waals surface area contributed by atoms with Crippen LogP contribution in [0.25, 0.3) is 0 Å². The average molecular weight is 342 g/mol. The number of imidazole rings is 1. The van der Waals surface area contributed by atoms with Crippen LogP contribution >= 0.6 is 0 Å². The number of benzene rings is 1. The molecule has 0 saturated carbocycles. The van der Waals surface area contributed by atoms with E-state index in [1.165, 1.54) is 4.31 Å². The van der Waals surface area contributed by atoms with Crippen molar-refractivity contribution in [3.8, 4) is 0 Å². The van der Waals surface area contributed by atoms with Gasteiger partial charge in [0.25, 0.3) is 0 Å². The number of hydrogen-bond acceptors (Lipinski definition) is 4. The molecule has 1 atom stereocenters. The van der Waals surface area contributed by atoms with Crippen molar-refractivity contribution in [3.05, 3.63) is 48.1 Å². The summed E-state index contributed by atoms with van der Waals surface area (Å²) in [6, 6.07) is 1.91. The van der Waals surface area contributed by atoms with Crippen LogP contribution in [0, 0.1) is 11.6 Å². The molecule has 2 aromatic rings. The summed E-state index contributed by atoms with van der Waals surface area (Å²) in [6.45, 7) is 0.993. The first-order valence-corrected chi connectivity index (χ1v) is 8.50. The fraction of sp³-hybridized carbons (Fsp3) is 0.357. The normalized spacial score (nSPS) is 19.9. The highest BCUT2D eigenvalue weighted by Gasteiger charge is 2.37. The van der Waals surface area contributed by atoms with Gasteiger partial charge in [-0.15, -0.1) is 0 Å². The Morgan fingerprint density at radius 2 is 2.13 bits per heavy atom. The van der Waals surface area contributed by atoms with Gasteiger partial charge >= 0.3 is 0 Å². The van der Waals surface area contributed by atoms with Gasteiger partial charge in [-0.25, -0.2) is 22.2 Å². The van der Waals surface area contributed by atoms with Gasteiger partial charge in [-0.1, -0.05) is 0 Å². The standard InChI is InChI=1S/C14H16F2N4O2S/c1-19-6-5-18-14(19)12-9-17-4-7-20(12)23(21,22)13-3-2-10(15)8-11(13)16/h2-3,5-6,8,12,17H,4,7,9H2,1H3. The van der Waals surface area contributed by atoms with E-state index in [1.54, 1.807) is 24.0 Å². The van der Waals surface area contributed by atoms with Crippen LogP contribution in [-0.2, 0) is 17.1 Å². The van der Waals surface area contributed by atoms with Crippen molar-refractivity contribution >= 4 is 10.0 Å². The molecule has 23 heavy (non-hydrogen) atoms. The van der Waals surface area contributed by atoms with Crippen molar-refractivity contribution in [1.82, 2.24) is 19.2 Å². The molecule has 1 aromatic heterocycles. The Morgan fingerprint density at radius 1 is 1.35 bits per heavy atom. The summed E-state index contributed by atoms with van der Waals surface area (Å²) in [5, 5.41) is 3.11. The Hall–Kier alpha value is -1.84. The lowest BCUT2D eigenvalue weighted by atomic mass is 10.2. The molecular weight excluding hydrogens is 326 g/mol. The molecule has 124 valence electrons. The Kier molecular flexibility index (Phi) is 4.17. The summed E-state index contributed by atoms with van der Waals surface area (Å²) in [6.07, 6.45) is 3.29. The fourth-order valence-corrected chi connectivity index (χ4v) is 4.34. The van der Waals surface area contributed by atoms with Gasteiger partial charge in [-0.3, -0.25) is 0 Å². The largest absolute Gasteiger partial charge is 0.337 e. The number of halogens is 2. The van der Waals surface area contributed by atoms with Gasteiger partial charge < -0.3 is 9.88 Å². The van der Waals surface area contributed by atoms with E-state index in [-0.39, 0.29) is 6.54 Å². The molecule has 3 rings (SSSR count). The topological polar surface area (TPSA) is 67.2 Å². The quantitative estimate of drug-likeness (QED) is 0.905. The number of rotatable bonds is 3. The Morgan fingerprint density at radius 3 is 2.78 bits per heavy atom. The van der Waals surface area contributed by atoms with E-state index in [2.05, 4.69) is 10.3 Å². The Balaban J connectivity index is 2.04. The van der Waals surface area contributed by atoms with E-state index in [0.29, 0.717) is 25.0 Å². The lowest BCUT2D eigenvalue weighted by Gasteiger charge is -2.34. The molecule has 0 bridgehead atoms. The van der Waals surface area contributed by atoms with Crippen LogP contribution in [0.15, 0.2) is 35.5 Å². The minimum Gasteiger partial charge on any atom is -0.337 e. The SMILES string of the molecule is Cn1ccnc1C1CNCCN1S(=O)(=O)c1ccc(F)cc1F. The molecule has 1 aliphatic rings. The molecule has 0 spiro atoms. The molecule has 1 aromatic carbocycles. The monoisotopic (exact) mass is 342 g/mol. The number of aryl methyl sites for hydroxylation is 1. The maximum atomic E-state index is 14.0. The number of sulfonamides is 1. The maximum absolute atomic E-state index is 14.0. The molecule has 1 aliphatic heterocycles. The first-order valence-electron chi connectivity index (χ1n) is 7.06. The molecule has 1 unspecified atom stereocenters. The molecule has 0 amide bonds. The van der Waals surface area contributed by atoms with Crippen LogP contribution in [0.2, 0.25) is 0 Å². The zero-order chi connectivity index (χ0) is 16.6. The predicted octanol–water partition coefficient (Wildman–Crippen LogP) is 1.03. The molecule has 1 N–H and O–H groups in total. The highest BCUT2D eigenvalue weighted by molar-refractivity contribution is 7.89. The third kappa shape index (κ3) is 2.87. The van der Waals surface area contributed by atoms with Gasteiger partial charge in [-0.05, 0) is 12.1 Å². The molecular formula is C14H16F2N4O2S. The van der Waals surface area contributed by atoms with Crippen molar-refractivity contribution in [2.45, 2.75) is 10.9 Å². The van der Waals surface area contributed by atoms with E-state index in [0.717, 1.165) is 12.1 Å². The highest BCUT2D eigenvalue weighted by Crippen LogP contribution is 2.29. The fourth-order valence-electron chi connectivity index (χ4n) is 2.70. The lowest BCUT2D eigenvalue weighted by molar-refractivity contribution is 0.257. The average Bonchev–Trinajstić information content (AvgIpc) is 2.93. The summed E-state index contributed by atoms with van der Waals surface area (Å²) in [5.74, 6) is -1.35. The first-order chi connectivity index (χ1) is 10.9. The smallest absolute Gasteiger partial charge is 0.246 e. The minimum atomic E-state index is -4.10. The number of aromatic nitrogens is 2. The van der Waals surface area contributed by atoms with E-state index in [4.69, 9.17) is 0 Å². The van der Waals surface area contributed by atoms with Gasteiger partial charge in [-0.2, -0.15) is 4.31 Å². The van der Waals surface area contributed by atoms with Gasteiger partial charge in [0.2, 0.25) is 10.0 Å². The van der Waals surface area contributed by atoms with E-state index in [9.17, 15) is 17.2 Å². The second-order valence-corrected chi connectivity index (χ2v) is 7.17. The molecule has 0 radical (unpaired) electrons. The van der Waals surface area contributed by atoms with Crippen LogP contribution < -0.4 is 5.32 Å². The summed E-state index contributed by atoms with van der Waals surface area (Å²) in [5.41, 5.74) is 0. The van der Waals surface area contributed by atoms with Crippen LogP contribution in [0.1, 0.15) is 11.9 Å². The third-order valence-electron chi connectivity index (χ3n) is 3.83. The molecule has 1 fully saturated rings. The van der Waals surface area contributed by atoms with Gasteiger partial charge in [0.15, 0.2) is 0 Å². The molecule has 9 heteroatoms. The molecule has 6 nitrogen and oxygen atoms in total. The second-order valence-electron chi connectivity index (χ2n) is 5.31. The molecule has 2 heterocycles. The zero-order valence-corrected chi connectivity index (χ0v) is 13.2. The number of hydrogen-bond donors (Lipinski definition) is 1. The second kappa shape index (κ2) is 5.99. The Bertz CT molecular complexity index is 822. The van der Waals surface area contributed by atoms with Crippen molar-refractivity contribution in [1.29, 1.82) is 0 Å². The van der Waals surface area contributed by atoms with Crippen molar-refractivity contribution in [3.63, 3.8) is 0 Å². The summed E-state index contributed by atoms with van der Waals surface area (Å²) < 4.78 is 55.6. The first kappa shape index (κ1) is 16.0. The lowest BCUT2D eigenvalue weighted by Crippen LogP contribution is -2.49. The van der Waals surface area contributed by atoms with E-state index >= 15 is 0 Å². The Labute approximate surface area is 132 Å². The van der Waals surface area contributed by atoms with Crippen LogP contribution in [0.5, 0.6) is 0 Å². The predicted molar refractivity (Wildman–Crippen MR) is 79.1 cm³/mol. The summed E-state index contributed by atoms with van der Waals surface area (Å²) >= 11 is 0. The highest BCUT2D eigenvalue weighted by atomic mass is 32.2. The maximum Gasteiger partial charge on any atom is 0.246 e. The van der Waals surface area contributed by atoms with Crippen LogP contribution in [0.3, 0.4) is 0 Å². The van der Waals surface area contributed by atoms with Gasteiger partial charge in [0.05, 0.1) is 6.04 Å². The van der Waals surface area contributed by atoms with Gasteiger partial charge in [0.1, 0.15) is 22.4 Å². The summed E-state index contributed by atoms with van der Waals surface area (Å²) in [4.78, 5) is 3.67. The third-order valence-corrected chi connectivity index (χ3v) is 5.77. The molecule has 1 saturated heterocycles.